The second kappa shape index (κ2) is 10.8. The zero-order valence-corrected chi connectivity index (χ0v) is 25.7. The Morgan fingerprint density at radius 2 is 1.85 bits per heavy atom. The van der Waals surface area contributed by atoms with Crippen molar-refractivity contribution in [1.82, 2.24) is 15.4 Å². The van der Waals surface area contributed by atoms with Crippen molar-refractivity contribution < 1.29 is 22.4 Å². The Morgan fingerprint density at radius 1 is 1.15 bits per heavy atom. The number of rotatable bonds is 6. The van der Waals surface area contributed by atoms with Crippen LogP contribution >= 0.6 is 23.2 Å². The van der Waals surface area contributed by atoms with Gasteiger partial charge in [0.05, 0.1) is 17.3 Å². The highest BCUT2D eigenvalue weighted by Gasteiger charge is 2.66. The third-order valence-electron chi connectivity index (χ3n) is 8.38. The van der Waals surface area contributed by atoms with Gasteiger partial charge in [-0.1, -0.05) is 62.2 Å². The van der Waals surface area contributed by atoms with E-state index in [-0.39, 0.29) is 39.9 Å². The Hall–Kier alpha value is -2.24. The first-order valence-electron chi connectivity index (χ1n) is 13.7. The molecule has 12 heteroatoms. The lowest BCUT2D eigenvalue weighted by Crippen LogP contribution is -2.49. The third kappa shape index (κ3) is 5.73. The number of hydrogen-bond acceptors (Lipinski definition) is 5. The third-order valence-corrected chi connectivity index (χ3v) is 9.67. The van der Waals surface area contributed by atoms with Crippen LogP contribution in [-0.2, 0) is 25.0 Å². The van der Waals surface area contributed by atoms with Crippen LogP contribution in [0.1, 0.15) is 63.5 Å². The zero-order chi connectivity index (χ0) is 29.9. The van der Waals surface area contributed by atoms with Gasteiger partial charge in [-0.3, -0.25) is 9.59 Å². The zero-order valence-electron chi connectivity index (χ0n) is 23.4. The minimum atomic E-state index is -3.39. The number of nitrogens with one attached hydrogen (secondary N) is 4. The Kier molecular flexibility index (Phi) is 7.96. The summed E-state index contributed by atoms with van der Waals surface area (Å²) in [4.78, 5) is 28.3. The first-order chi connectivity index (χ1) is 19.1. The van der Waals surface area contributed by atoms with E-state index in [1.807, 2.05) is 20.8 Å². The van der Waals surface area contributed by atoms with Gasteiger partial charge in [0.1, 0.15) is 11.2 Å². The van der Waals surface area contributed by atoms with Crippen LogP contribution in [0.5, 0.6) is 0 Å². The molecule has 3 aliphatic rings. The van der Waals surface area contributed by atoms with E-state index >= 15 is 4.39 Å². The van der Waals surface area contributed by atoms with Gasteiger partial charge < -0.3 is 16.0 Å². The standard InChI is InChI=1S/C29H35Cl2FN4O4S/c1-28(2,3)14-22-29(19-11-8-15(30)12-21(19)34-27(29)38)23(18-6-5-7-20(31)24(18)32)25(35-22)26(37)33-16-9-10-17(13-16)36-41(4,39)40/h5-8,11-12,16-17,22-23,25,35-36H,9-10,13-14H2,1-4H3,(H,33,37)(H,34,38)/t16-,17-,22+,23-,25+,29-/m0/s1. The largest absolute Gasteiger partial charge is 0.352 e. The normalized spacial score (nSPS) is 29.5. The lowest BCUT2D eigenvalue weighted by atomic mass is 9.62. The van der Waals surface area contributed by atoms with Crippen molar-refractivity contribution in [3.8, 4) is 0 Å². The number of sulfonamides is 1. The van der Waals surface area contributed by atoms with Gasteiger partial charge in [-0.25, -0.2) is 17.5 Å². The minimum Gasteiger partial charge on any atom is -0.352 e. The fourth-order valence-corrected chi connectivity index (χ4v) is 8.14. The lowest BCUT2D eigenvalue weighted by molar-refractivity contribution is -0.124. The fraction of sp³-hybridized carbons (Fsp3) is 0.517. The molecule has 222 valence electrons. The van der Waals surface area contributed by atoms with Crippen molar-refractivity contribution in [1.29, 1.82) is 0 Å². The molecule has 41 heavy (non-hydrogen) atoms. The van der Waals surface area contributed by atoms with E-state index in [1.54, 1.807) is 30.3 Å². The minimum absolute atomic E-state index is 0.101. The number of anilines is 1. The Morgan fingerprint density at radius 3 is 2.54 bits per heavy atom. The number of hydrogen-bond donors (Lipinski definition) is 4. The average Bonchev–Trinajstić information content (AvgIpc) is 3.49. The van der Waals surface area contributed by atoms with Crippen molar-refractivity contribution in [2.24, 2.45) is 5.41 Å². The number of amides is 2. The monoisotopic (exact) mass is 624 g/mol. The molecule has 5 rings (SSSR count). The molecule has 0 radical (unpaired) electrons. The second-order valence-corrected chi connectivity index (χ2v) is 15.3. The first kappa shape index (κ1) is 30.2. The van der Waals surface area contributed by atoms with Gasteiger partial charge in [-0.2, -0.15) is 0 Å². The van der Waals surface area contributed by atoms with E-state index in [0.29, 0.717) is 42.0 Å². The molecule has 1 saturated carbocycles. The molecule has 2 aromatic carbocycles. The summed E-state index contributed by atoms with van der Waals surface area (Å²) in [6.07, 6.45) is 3.21. The average molecular weight is 626 g/mol. The Balaban J connectivity index is 1.60. The number of fused-ring (bicyclic) bond motifs is 2. The molecular weight excluding hydrogens is 590 g/mol. The topological polar surface area (TPSA) is 116 Å². The molecule has 2 heterocycles. The van der Waals surface area contributed by atoms with Gasteiger partial charge in [0, 0.05) is 34.8 Å². The summed E-state index contributed by atoms with van der Waals surface area (Å²) in [5.74, 6) is -2.34. The van der Waals surface area contributed by atoms with Gasteiger partial charge >= 0.3 is 0 Å². The van der Waals surface area contributed by atoms with Crippen LogP contribution in [0.2, 0.25) is 10.0 Å². The maximum Gasteiger partial charge on any atom is 0.238 e. The summed E-state index contributed by atoms with van der Waals surface area (Å²) in [6.45, 7) is 6.15. The maximum atomic E-state index is 15.9. The number of carbonyl (C=O) groups is 2. The second-order valence-electron chi connectivity index (χ2n) is 12.7. The predicted octanol–water partition coefficient (Wildman–Crippen LogP) is 4.47. The highest BCUT2D eigenvalue weighted by Crippen LogP contribution is 2.57. The summed E-state index contributed by atoms with van der Waals surface area (Å²) in [5, 5.41) is 9.83. The predicted molar refractivity (Wildman–Crippen MR) is 158 cm³/mol. The molecule has 2 amide bonds. The van der Waals surface area contributed by atoms with Crippen molar-refractivity contribution in [3.63, 3.8) is 0 Å². The molecule has 2 aliphatic heterocycles. The van der Waals surface area contributed by atoms with E-state index in [1.165, 1.54) is 6.07 Å². The molecule has 0 aromatic heterocycles. The summed E-state index contributed by atoms with van der Waals surface area (Å²) in [6, 6.07) is 7.70. The molecule has 6 atom stereocenters. The summed E-state index contributed by atoms with van der Waals surface area (Å²) in [5.41, 5.74) is -0.244. The molecule has 0 bridgehead atoms. The molecule has 1 aliphatic carbocycles. The van der Waals surface area contributed by atoms with E-state index in [0.717, 1.165) is 6.26 Å². The van der Waals surface area contributed by atoms with Crippen molar-refractivity contribution in [2.45, 2.75) is 82.0 Å². The number of halogens is 3. The lowest BCUT2D eigenvalue weighted by Gasteiger charge is -2.37. The van der Waals surface area contributed by atoms with Gasteiger partial charge in [0.25, 0.3) is 0 Å². The summed E-state index contributed by atoms with van der Waals surface area (Å²) < 4.78 is 41.9. The molecule has 8 nitrogen and oxygen atoms in total. The molecule has 1 saturated heterocycles. The molecule has 4 N–H and O–H groups in total. The van der Waals surface area contributed by atoms with Crippen LogP contribution in [0.15, 0.2) is 36.4 Å². The van der Waals surface area contributed by atoms with E-state index in [9.17, 15) is 18.0 Å². The fourth-order valence-electron chi connectivity index (χ4n) is 6.97. The summed E-state index contributed by atoms with van der Waals surface area (Å²) >= 11 is 12.5. The first-order valence-corrected chi connectivity index (χ1v) is 16.3. The molecule has 2 fully saturated rings. The van der Waals surface area contributed by atoms with Crippen LogP contribution in [-0.4, -0.2) is 50.7 Å². The maximum absolute atomic E-state index is 15.9. The van der Waals surface area contributed by atoms with Crippen molar-refractivity contribution in [2.75, 3.05) is 11.6 Å². The number of benzene rings is 2. The van der Waals surface area contributed by atoms with Crippen LogP contribution < -0.4 is 20.7 Å². The quantitative estimate of drug-likeness (QED) is 0.378. The van der Waals surface area contributed by atoms with E-state index in [4.69, 9.17) is 23.2 Å². The van der Waals surface area contributed by atoms with E-state index < -0.39 is 39.3 Å². The van der Waals surface area contributed by atoms with Crippen LogP contribution in [0, 0.1) is 11.2 Å². The highest BCUT2D eigenvalue weighted by molar-refractivity contribution is 7.88. The SMILES string of the molecule is CC(C)(C)C[C@H]1N[C@@H](C(=O)N[C@H]2CC[C@H](NS(C)(=O)=O)C2)[C@H](c2cccc(Cl)c2F)[C@@]12C(=O)Nc1cc(Cl)ccc12. The molecule has 2 aromatic rings. The summed E-state index contributed by atoms with van der Waals surface area (Å²) in [7, 11) is -3.39. The highest BCUT2D eigenvalue weighted by atomic mass is 35.5. The van der Waals surface area contributed by atoms with Crippen LogP contribution in [0.3, 0.4) is 0 Å². The Bertz CT molecular complexity index is 1500. The van der Waals surface area contributed by atoms with Crippen molar-refractivity contribution >= 4 is 50.7 Å². The Labute approximate surface area is 250 Å². The van der Waals surface area contributed by atoms with Gasteiger partial charge in [0.15, 0.2) is 0 Å². The molecular formula is C29H35Cl2FN4O4S. The van der Waals surface area contributed by atoms with Gasteiger partial charge in [-0.05, 0) is 60.4 Å². The van der Waals surface area contributed by atoms with Crippen LogP contribution in [0.4, 0.5) is 10.1 Å². The van der Waals surface area contributed by atoms with Crippen LogP contribution in [0.25, 0.3) is 0 Å². The van der Waals surface area contributed by atoms with Crippen molar-refractivity contribution in [3.05, 3.63) is 63.4 Å². The molecule has 0 unspecified atom stereocenters. The van der Waals surface area contributed by atoms with Gasteiger partial charge in [0.2, 0.25) is 21.8 Å². The van der Waals surface area contributed by atoms with Gasteiger partial charge in [-0.15, -0.1) is 0 Å². The number of carbonyl (C=O) groups excluding carboxylic acids is 2. The smallest absolute Gasteiger partial charge is 0.238 e. The molecule has 1 spiro atoms. The van der Waals surface area contributed by atoms with E-state index in [2.05, 4.69) is 20.7 Å².